The van der Waals surface area contributed by atoms with E-state index in [9.17, 15) is 4.79 Å². The second-order valence-electron chi connectivity index (χ2n) is 7.37. The van der Waals surface area contributed by atoms with E-state index >= 15 is 0 Å². The van der Waals surface area contributed by atoms with Gasteiger partial charge in [-0.1, -0.05) is 25.1 Å². The number of para-hydroxylation sites is 1. The van der Waals surface area contributed by atoms with Gasteiger partial charge in [-0.2, -0.15) is 0 Å². The van der Waals surface area contributed by atoms with Crippen molar-refractivity contribution in [1.82, 2.24) is 20.5 Å². The summed E-state index contributed by atoms with van der Waals surface area (Å²) < 4.78 is 0. The number of halogens is 1. The fraction of sp³-hybridized carbons (Fsp3) is 0.524. The highest BCUT2D eigenvalue weighted by Crippen LogP contribution is 2.18. The molecular formula is C21H32IN5O. The third kappa shape index (κ3) is 6.12. The minimum atomic E-state index is 0. The highest BCUT2D eigenvalue weighted by Gasteiger charge is 2.20. The molecule has 154 valence electrons. The summed E-state index contributed by atoms with van der Waals surface area (Å²) in [5.74, 6) is 1.60. The third-order valence-corrected chi connectivity index (χ3v) is 5.23. The van der Waals surface area contributed by atoms with E-state index in [0.717, 1.165) is 38.4 Å². The first-order valence-electron chi connectivity index (χ1n) is 9.94. The molecule has 0 radical (unpaired) electrons. The maximum Gasteiger partial charge on any atom is 0.224 e. The molecule has 7 heteroatoms. The van der Waals surface area contributed by atoms with Crippen molar-refractivity contribution in [1.29, 1.82) is 0 Å². The normalized spacial score (nSPS) is 17.3. The summed E-state index contributed by atoms with van der Waals surface area (Å²) >= 11 is 0. The van der Waals surface area contributed by atoms with Crippen LogP contribution in [-0.2, 0) is 11.2 Å². The van der Waals surface area contributed by atoms with Crippen molar-refractivity contribution in [2.75, 3.05) is 33.2 Å². The molecule has 1 aromatic heterocycles. The Balaban J connectivity index is 0.00000280. The summed E-state index contributed by atoms with van der Waals surface area (Å²) in [6.45, 7) is 5.42. The number of guanidine groups is 1. The van der Waals surface area contributed by atoms with Crippen molar-refractivity contribution in [2.24, 2.45) is 10.9 Å². The van der Waals surface area contributed by atoms with Gasteiger partial charge in [0.25, 0.3) is 0 Å². The van der Waals surface area contributed by atoms with Crippen LogP contribution in [0.4, 0.5) is 0 Å². The quantitative estimate of drug-likeness (QED) is 0.326. The van der Waals surface area contributed by atoms with Crippen LogP contribution in [0.5, 0.6) is 0 Å². The van der Waals surface area contributed by atoms with E-state index in [1.54, 1.807) is 7.05 Å². The average Bonchev–Trinajstić information content (AvgIpc) is 3.10. The van der Waals surface area contributed by atoms with E-state index in [0.29, 0.717) is 18.9 Å². The number of carbonyl (C=O) groups excluding carboxylic acids is 1. The Hall–Kier alpha value is -1.77. The number of carbonyl (C=O) groups is 1. The SMILES string of the molecule is CN=C(NCCC(=O)N1CCCC(C)C1)NCCc1c[nH]c2ccccc12.I. The number of rotatable bonds is 6. The van der Waals surface area contributed by atoms with E-state index < -0.39 is 0 Å². The van der Waals surface area contributed by atoms with Gasteiger partial charge in [-0.25, -0.2) is 0 Å². The fourth-order valence-corrected chi connectivity index (χ4v) is 3.74. The van der Waals surface area contributed by atoms with Crippen LogP contribution in [0.2, 0.25) is 0 Å². The summed E-state index contributed by atoms with van der Waals surface area (Å²) in [7, 11) is 1.76. The van der Waals surface area contributed by atoms with E-state index in [4.69, 9.17) is 0 Å². The molecule has 1 aromatic carbocycles. The smallest absolute Gasteiger partial charge is 0.224 e. The van der Waals surface area contributed by atoms with Gasteiger partial charge < -0.3 is 20.5 Å². The van der Waals surface area contributed by atoms with Crippen LogP contribution < -0.4 is 10.6 Å². The van der Waals surface area contributed by atoms with Crippen LogP contribution >= 0.6 is 24.0 Å². The van der Waals surface area contributed by atoms with Gasteiger partial charge in [-0.3, -0.25) is 9.79 Å². The number of nitrogens with one attached hydrogen (secondary N) is 3. The van der Waals surface area contributed by atoms with Gasteiger partial charge in [-0.15, -0.1) is 24.0 Å². The Labute approximate surface area is 184 Å². The molecule has 0 saturated carbocycles. The molecule has 0 bridgehead atoms. The Bertz CT molecular complexity index is 788. The number of fused-ring (bicyclic) bond motifs is 1. The number of hydrogen-bond donors (Lipinski definition) is 3. The first-order chi connectivity index (χ1) is 13.2. The number of H-pyrrole nitrogens is 1. The molecule has 28 heavy (non-hydrogen) atoms. The number of hydrogen-bond acceptors (Lipinski definition) is 2. The third-order valence-electron chi connectivity index (χ3n) is 5.23. The van der Waals surface area contributed by atoms with Crippen molar-refractivity contribution >= 4 is 46.7 Å². The average molecular weight is 497 g/mol. The predicted molar refractivity (Wildman–Crippen MR) is 126 cm³/mol. The van der Waals surface area contributed by atoms with Gasteiger partial charge >= 0.3 is 0 Å². The first-order valence-corrected chi connectivity index (χ1v) is 9.94. The predicted octanol–water partition coefficient (Wildman–Crippen LogP) is 3.14. The standard InChI is InChI=1S/C21H31N5O.HI/c1-16-6-5-13-26(15-16)20(27)10-12-24-21(22-2)23-11-9-17-14-25-19-8-4-3-7-18(17)19;/h3-4,7-8,14,16,25H,5-6,9-13,15H2,1-2H3,(H2,22,23,24);1H. The monoisotopic (exact) mass is 497 g/mol. The topological polar surface area (TPSA) is 72.5 Å². The van der Waals surface area contributed by atoms with E-state index in [2.05, 4.69) is 51.9 Å². The number of aliphatic imine (C=N–C) groups is 1. The summed E-state index contributed by atoms with van der Waals surface area (Å²) in [6.07, 6.45) is 5.85. The Morgan fingerprint density at radius 1 is 1.29 bits per heavy atom. The maximum absolute atomic E-state index is 12.3. The maximum atomic E-state index is 12.3. The number of likely N-dealkylation sites (tertiary alicyclic amines) is 1. The Morgan fingerprint density at radius 3 is 2.86 bits per heavy atom. The lowest BCUT2D eigenvalue weighted by Crippen LogP contribution is -2.42. The number of benzene rings is 1. The molecule has 1 amide bonds. The number of aromatic nitrogens is 1. The summed E-state index contributed by atoms with van der Waals surface area (Å²) in [5, 5.41) is 7.85. The second-order valence-corrected chi connectivity index (χ2v) is 7.37. The van der Waals surface area contributed by atoms with Crippen molar-refractivity contribution in [3.05, 3.63) is 36.0 Å². The van der Waals surface area contributed by atoms with Crippen LogP contribution in [0.1, 0.15) is 31.7 Å². The van der Waals surface area contributed by atoms with Gasteiger partial charge in [0, 0.05) is 56.7 Å². The molecule has 1 atom stereocenters. The molecule has 2 aromatic rings. The van der Waals surface area contributed by atoms with Crippen LogP contribution in [0.15, 0.2) is 35.5 Å². The number of amides is 1. The molecule has 1 fully saturated rings. The molecule has 2 heterocycles. The van der Waals surface area contributed by atoms with Crippen molar-refractivity contribution in [2.45, 2.75) is 32.6 Å². The molecule has 1 unspecified atom stereocenters. The molecule has 0 spiro atoms. The first kappa shape index (κ1) is 22.5. The van der Waals surface area contributed by atoms with Crippen LogP contribution in [0, 0.1) is 5.92 Å². The summed E-state index contributed by atoms with van der Waals surface area (Å²) in [5.41, 5.74) is 2.46. The van der Waals surface area contributed by atoms with E-state index in [1.807, 2.05) is 11.0 Å². The summed E-state index contributed by atoms with van der Waals surface area (Å²) in [6, 6.07) is 8.33. The lowest BCUT2D eigenvalue weighted by atomic mass is 10.00. The molecule has 3 rings (SSSR count). The Kier molecular flexibility index (Phi) is 9.08. The summed E-state index contributed by atoms with van der Waals surface area (Å²) in [4.78, 5) is 21.9. The minimum Gasteiger partial charge on any atom is -0.361 e. The van der Waals surface area contributed by atoms with Crippen LogP contribution in [0.25, 0.3) is 10.9 Å². The zero-order chi connectivity index (χ0) is 19.1. The van der Waals surface area contributed by atoms with Gasteiger partial charge in [0.15, 0.2) is 5.96 Å². The van der Waals surface area contributed by atoms with Crippen LogP contribution in [0.3, 0.4) is 0 Å². The van der Waals surface area contributed by atoms with E-state index in [1.165, 1.54) is 22.9 Å². The zero-order valence-electron chi connectivity index (χ0n) is 16.8. The molecular weight excluding hydrogens is 465 g/mol. The van der Waals surface area contributed by atoms with Crippen LogP contribution in [-0.4, -0.2) is 55.0 Å². The van der Waals surface area contributed by atoms with Gasteiger partial charge in [0.2, 0.25) is 5.91 Å². The molecule has 6 nitrogen and oxygen atoms in total. The molecule has 1 aliphatic rings. The largest absolute Gasteiger partial charge is 0.361 e. The molecule has 3 N–H and O–H groups in total. The van der Waals surface area contributed by atoms with E-state index in [-0.39, 0.29) is 29.9 Å². The highest BCUT2D eigenvalue weighted by molar-refractivity contribution is 14.0. The van der Waals surface area contributed by atoms with Gasteiger partial charge in [0.05, 0.1) is 0 Å². The van der Waals surface area contributed by atoms with Crippen molar-refractivity contribution in [3.8, 4) is 0 Å². The number of aromatic amines is 1. The lowest BCUT2D eigenvalue weighted by molar-refractivity contribution is -0.132. The zero-order valence-corrected chi connectivity index (χ0v) is 19.2. The number of nitrogens with zero attached hydrogens (tertiary/aromatic N) is 2. The fourth-order valence-electron chi connectivity index (χ4n) is 3.74. The molecule has 0 aliphatic carbocycles. The molecule has 1 saturated heterocycles. The minimum absolute atomic E-state index is 0. The lowest BCUT2D eigenvalue weighted by Gasteiger charge is -2.31. The van der Waals surface area contributed by atoms with Gasteiger partial charge in [-0.05, 0) is 36.8 Å². The second kappa shape index (κ2) is 11.3. The van der Waals surface area contributed by atoms with Gasteiger partial charge in [0.1, 0.15) is 0 Å². The van der Waals surface area contributed by atoms with Crippen molar-refractivity contribution in [3.63, 3.8) is 0 Å². The number of piperidine rings is 1. The Morgan fingerprint density at radius 2 is 2.07 bits per heavy atom. The van der Waals surface area contributed by atoms with Crippen molar-refractivity contribution < 1.29 is 4.79 Å². The molecule has 1 aliphatic heterocycles. The highest BCUT2D eigenvalue weighted by atomic mass is 127.